The Morgan fingerprint density at radius 1 is 0.594 bits per heavy atom. The molecule has 0 aliphatic heterocycles. The minimum Gasteiger partial charge on any atom is -0.465 e. The fraction of sp³-hybridized carbons (Fsp3) is 0.929. The van der Waals surface area contributed by atoms with Crippen molar-refractivity contribution in [1.82, 2.24) is 0 Å². The van der Waals surface area contributed by atoms with Gasteiger partial charge in [0.05, 0.1) is 25.0 Å². The van der Waals surface area contributed by atoms with Crippen molar-refractivity contribution < 1.29 is 19.1 Å². The van der Waals surface area contributed by atoms with Crippen molar-refractivity contribution in [3.63, 3.8) is 0 Å². The van der Waals surface area contributed by atoms with Gasteiger partial charge in [-0.05, 0) is 63.2 Å². The molecule has 0 aromatic carbocycles. The smallest absolute Gasteiger partial charge is 0.308 e. The molecule has 0 aromatic rings. The predicted octanol–water partition coefficient (Wildman–Crippen LogP) is 7.87. The lowest BCUT2D eigenvalue weighted by molar-refractivity contribution is -0.156. The van der Waals surface area contributed by atoms with Gasteiger partial charge in [0, 0.05) is 0 Å². The quantitative estimate of drug-likeness (QED) is 0.157. The van der Waals surface area contributed by atoms with E-state index in [1.165, 1.54) is 38.5 Å². The molecule has 1 aliphatic carbocycles. The van der Waals surface area contributed by atoms with Crippen LogP contribution in [0.2, 0.25) is 0 Å². The zero-order valence-corrected chi connectivity index (χ0v) is 21.7. The van der Waals surface area contributed by atoms with Gasteiger partial charge in [0.15, 0.2) is 0 Å². The molecule has 0 amide bonds. The molecule has 0 spiro atoms. The Morgan fingerprint density at radius 2 is 0.969 bits per heavy atom. The first kappa shape index (κ1) is 29.0. The number of carbonyl (C=O) groups is 2. The van der Waals surface area contributed by atoms with Crippen LogP contribution in [0, 0.1) is 23.7 Å². The van der Waals surface area contributed by atoms with Gasteiger partial charge in [-0.25, -0.2) is 0 Å². The summed E-state index contributed by atoms with van der Waals surface area (Å²) in [5.74, 6) is 0.808. The Labute approximate surface area is 198 Å². The molecule has 188 valence electrons. The molecule has 32 heavy (non-hydrogen) atoms. The molecule has 0 heterocycles. The first-order valence-corrected chi connectivity index (χ1v) is 13.9. The second-order valence-electron chi connectivity index (χ2n) is 10.1. The van der Waals surface area contributed by atoms with E-state index in [0.717, 1.165) is 64.2 Å². The second kappa shape index (κ2) is 18.4. The minimum absolute atomic E-state index is 0.0427. The first-order valence-electron chi connectivity index (χ1n) is 13.9. The SMILES string of the molecule is CCCCCC(CCC)COC(=O)C1CCC(C(=O)OCC(CCC)CCCCC)CC1. The summed E-state index contributed by atoms with van der Waals surface area (Å²) in [6.45, 7) is 9.97. The van der Waals surface area contributed by atoms with Crippen molar-refractivity contribution in [3.8, 4) is 0 Å². The van der Waals surface area contributed by atoms with E-state index >= 15 is 0 Å². The van der Waals surface area contributed by atoms with Crippen molar-refractivity contribution in [2.45, 2.75) is 130 Å². The molecule has 0 saturated heterocycles. The fourth-order valence-corrected chi connectivity index (χ4v) is 5.01. The Morgan fingerprint density at radius 3 is 1.28 bits per heavy atom. The molecule has 0 aromatic heterocycles. The van der Waals surface area contributed by atoms with Gasteiger partial charge in [-0.2, -0.15) is 0 Å². The van der Waals surface area contributed by atoms with Gasteiger partial charge in [0.1, 0.15) is 0 Å². The molecule has 2 atom stereocenters. The highest BCUT2D eigenvalue weighted by Gasteiger charge is 2.32. The van der Waals surface area contributed by atoms with Crippen molar-refractivity contribution >= 4 is 11.9 Å². The summed E-state index contributed by atoms with van der Waals surface area (Å²) in [6.07, 6.45) is 17.3. The van der Waals surface area contributed by atoms with Gasteiger partial charge in [-0.15, -0.1) is 0 Å². The van der Waals surface area contributed by atoms with Crippen LogP contribution in [0.25, 0.3) is 0 Å². The summed E-state index contributed by atoms with van der Waals surface area (Å²) in [6, 6.07) is 0. The lowest BCUT2D eigenvalue weighted by Crippen LogP contribution is -2.30. The third-order valence-electron chi connectivity index (χ3n) is 7.14. The van der Waals surface area contributed by atoms with E-state index in [4.69, 9.17) is 9.47 Å². The van der Waals surface area contributed by atoms with E-state index < -0.39 is 0 Å². The van der Waals surface area contributed by atoms with Crippen LogP contribution in [0.3, 0.4) is 0 Å². The molecule has 0 radical (unpaired) electrons. The van der Waals surface area contributed by atoms with Crippen molar-refractivity contribution in [1.29, 1.82) is 0 Å². The highest BCUT2D eigenvalue weighted by Crippen LogP contribution is 2.31. The molecule has 2 unspecified atom stereocenters. The van der Waals surface area contributed by atoms with Crippen LogP contribution < -0.4 is 0 Å². The van der Waals surface area contributed by atoms with E-state index in [1.54, 1.807) is 0 Å². The number of hydrogen-bond donors (Lipinski definition) is 0. The fourth-order valence-electron chi connectivity index (χ4n) is 5.01. The topological polar surface area (TPSA) is 52.6 Å². The zero-order chi connectivity index (χ0) is 23.6. The van der Waals surface area contributed by atoms with Crippen molar-refractivity contribution in [3.05, 3.63) is 0 Å². The average Bonchev–Trinajstić information content (AvgIpc) is 2.81. The van der Waals surface area contributed by atoms with Gasteiger partial charge < -0.3 is 9.47 Å². The maximum absolute atomic E-state index is 12.6. The Balaban J connectivity index is 2.33. The van der Waals surface area contributed by atoms with E-state index in [0.29, 0.717) is 25.0 Å². The van der Waals surface area contributed by atoms with Gasteiger partial charge >= 0.3 is 11.9 Å². The average molecular weight is 453 g/mol. The predicted molar refractivity (Wildman–Crippen MR) is 132 cm³/mol. The largest absolute Gasteiger partial charge is 0.465 e. The van der Waals surface area contributed by atoms with Crippen molar-refractivity contribution in [2.75, 3.05) is 13.2 Å². The van der Waals surface area contributed by atoms with Gasteiger partial charge in [0.25, 0.3) is 0 Å². The highest BCUT2D eigenvalue weighted by atomic mass is 16.5. The number of esters is 2. The van der Waals surface area contributed by atoms with Crippen LogP contribution in [-0.4, -0.2) is 25.2 Å². The molecule has 1 saturated carbocycles. The number of carbonyl (C=O) groups excluding carboxylic acids is 2. The van der Waals surface area contributed by atoms with Gasteiger partial charge in [-0.3, -0.25) is 9.59 Å². The lowest BCUT2D eigenvalue weighted by atomic mass is 9.82. The van der Waals surface area contributed by atoms with E-state index in [1.807, 2.05) is 0 Å². The van der Waals surface area contributed by atoms with Crippen LogP contribution in [0.1, 0.15) is 130 Å². The normalized spacial score (nSPS) is 20.5. The number of rotatable bonds is 18. The number of hydrogen-bond acceptors (Lipinski definition) is 4. The summed E-state index contributed by atoms with van der Waals surface area (Å²) in [4.78, 5) is 25.2. The first-order chi connectivity index (χ1) is 15.5. The maximum atomic E-state index is 12.6. The monoisotopic (exact) mass is 452 g/mol. The van der Waals surface area contributed by atoms with Crippen LogP contribution in [0.5, 0.6) is 0 Å². The number of ether oxygens (including phenoxy) is 2. The van der Waals surface area contributed by atoms with Crippen LogP contribution >= 0.6 is 0 Å². The molecular formula is C28H52O4. The van der Waals surface area contributed by atoms with Crippen LogP contribution in [0.15, 0.2) is 0 Å². The lowest BCUT2D eigenvalue weighted by Gasteiger charge is -2.27. The zero-order valence-electron chi connectivity index (χ0n) is 21.7. The molecule has 4 nitrogen and oxygen atoms in total. The summed E-state index contributed by atoms with van der Waals surface area (Å²) < 4.78 is 11.4. The minimum atomic E-state index is -0.0488. The van der Waals surface area contributed by atoms with E-state index in [2.05, 4.69) is 27.7 Å². The standard InChI is InChI=1S/C28H52O4/c1-5-9-11-15-23(13-7-3)21-31-27(29)25-17-19-26(20-18-25)28(30)32-22-24(14-8-4)16-12-10-6-2/h23-26H,5-22H2,1-4H3. The summed E-state index contributed by atoms with van der Waals surface area (Å²) in [7, 11) is 0. The second-order valence-corrected chi connectivity index (χ2v) is 10.1. The van der Waals surface area contributed by atoms with Crippen LogP contribution in [-0.2, 0) is 19.1 Å². The summed E-state index contributed by atoms with van der Waals surface area (Å²) >= 11 is 0. The molecule has 1 aliphatic rings. The maximum Gasteiger partial charge on any atom is 0.308 e. The van der Waals surface area contributed by atoms with E-state index in [9.17, 15) is 9.59 Å². The van der Waals surface area contributed by atoms with Gasteiger partial charge in [-0.1, -0.05) is 79.1 Å². The Kier molecular flexibility index (Phi) is 16.6. The molecular weight excluding hydrogens is 400 g/mol. The van der Waals surface area contributed by atoms with E-state index in [-0.39, 0.29) is 23.8 Å². The molecule has 0 N–H and O–H groups in total. The van der Waals surface area contributed by atoms with Gasteiger partial charge in [0.2, 0.25) is 0 Å². The molecule has 4 heteroatoms. The third-order valence-corrected chi connectivity index (χ3v) is 7.14. The third kappa shape index (κ3) is 12.3. The Bertz CT molecular complexity index is 438. The Hall–Kier alpha value is -1.06. The summed E-state index contributed by atoms with van der Waals surface area (Å²) in [5, 5.41) is 0. The molecule has 1 fully saturated rings. The van der Waals surface area contributed by atoms with Crippen molar-refractivity contribution in [2.24, 2.45) is 23.7 Å². The molecule has 0 bridgehead atoms. The number of unbranched alkanes of at least 4 members (excludes halogenated alkanes) is 4. The highest BCUT2D eigenvalue weighted by molar-refractivity contribution is 5.75. The van der Waals surface area contributed by atoms with Crippen LogP contribution in [0.4, 0.5) is 0 Å². The molecule has 1 rings (SSSR count). The summed E-state index contributed by atoms with van der Waals surface area (Å²) in [5.41, 5.74) is 0.